The van der Waals surface area contributed by atoms with Gasteiger partial charge < -0.3 is 5.32 Å². The summed E-state index contributed by atoms with van der Waals surface area (Å²) in [5, 5.41) is 3.10. The highest BCUT2D eigenvalue weighted by Crippen LogP contribution is 2.36. The Morgan fingerprint density at radius 1 is 1.19 bits per heavy atom. The fraction of sp³-hybridized carbons (Fsp3) is 0.611. The van der Waals surface area contributed by atoms with Gasteiger partial charge >= 0.3 is 0 Å². The zero-order chi connectivity index (χ0) is 15.3. The summed E-state index contributed by atoms with van der Waals surface area (Å²) in [7, 11) is 0. The predicted octanol–water partition coefficient (Wildman–Crippen LogP) is 4.15. The first-order valence-corrected chi connectivity index (χ1v) is 8.47. The van der Waals surface area contributed by atoms with Crippen LogP contribution in [0.4, 0.5) is 0 Å². The predicted molar refractivity (Wildman–Crippen MR) is 88.9 cm³/mol. The van der Waals surface area contributed by atoms with Gasteiger partial charge in [-0.15, -0.1) is 11.6 Å². The largest absolute Gasteiger partial charge is 0.355 e. The van der Waals surface area contributed by atoms with E-state index < -0.39 is 0 Å². The number of benzene rings is 1. The first kappa shape index (κ1) is 16.4. The van der Waals surface area contributed by atoms with Crippen molar-refractivity contribution >= 4 is 17.5 Å². The van der Waals surface area contributed by atoms with Gasteiger partial charge in [-0.05, 0) is 43.4 Å². The quantitative estimate of drug-likeness (QED) is 0.813. The van der Waals surface area contributed by atoms with Crippen LogP contribution in [0.1, 0.15) is 48.8 Å². The van der Waals surface area contributed by atoms with E-state index in [1.807, 2.05) is 6.07 Å². The van der Waals surface area contributed by atoms with Gasteiger partial charge in [0.05, 0.1) is 6.42 Å². The molecule has 0 saturated heterocycles. The number of rotatable bonds is 5. The maximum absolute atomic E-state index is 12.2. The molecule has 0 spiro atoms. The van der Waals surface area contributed by atoms with Gasteiger partial charge in [0, 0.05) is 17.8 Å². The number of aryl methyl sites for hydroxylation is 2. The number of amides is 1. The molecular formula is C18H26ClNO. The lowest BCUT2D eigenvalue weighted by Crippen LogP contribution is -2.40. The zero-order valence-electron chi connectivity index (χ0n) is 13.2. The summed E-state index contributed by atoms with van der Waals surface area (Å²) in [6.07, 6.45) is 6.51. The van der Waals surface area contributed by atoms with E-state index in [4.69, 9.17) is 11.6 Å². The van der Waals surface area contributed by atoms with Crippen LogP contribution in [0.3, 0.4) is 0 Å². The molecule has 1 saturated carbocycles. The molecule has 1 fully saturated rings. The molecule has 2 nitrogen and oxygen atoms in total. The average Bonchev–Trinajstić information content (AvgIpc) is 2.50. The Morgan fingerprint density at radius 2 is 1.90 bits per heavy atom. The molecule has 21 heavy (non-hydrogen) atoms. The Labute approximate surface area is 133 Å². The molecule has 2 rings (SSSR count). The van der Waals surface area contributed by atoms with Gasteiger partial charge in [0.15, 0.2) is 0 Å². The van der Waals surface area contributed by atoms with E-state index in [-0.39, 0.29) is 11.3 Å². The van der Waals surface area contributed by atoms with Gasteiger partial charge in [0.2, 0.25) is 5.91 Å². The second-order valence-corrected chi connectivity index (χ2v) is 6.83. The fourth-order valence-corrected chi connectivity index (χ4v) is 3.47. The van der Waals surface area contributed by atoms with E-state index in [1.54, 1.807) is 0 Å². The van der Waals surface area contributed by atoms with Crippen LogP contribution in [-0.4, -0.2) is 18.3 Å². The molecule has 116 valence electrons. The molecule has 1 aromatic carbocycles. The summed E-state index contributed by atoms with van der Waals surface area (Å²) in [5.41, 5.74) is 3.71. The van der Waals surface area contributed by atoms with Crippen LogP contribution in [0, 0.1) is 19.3 Å². The second-order valence-electron chi connectivity index (χ2n) is 6.57. The normalized spacial score (nSPS) is 17.5. The van der Waals surface area contributed by atoms with Crippen molar-refractivity contribution in [3.63, 3.8) is 0 Å². The van der Waals surface area contributed by atoms with Crippen molar-refractivity contribution in [2.24, 2.45) is 5.41 Å². The fourth-order valence-electron chi connectivity index (χ4n) is 3.11. The Bertz CT molecular complexity index is 492. The van der Waals surface area contributed by atoms with Crippen molar-refractivity contribution in [3.05, 3.63) is 34.9 Å². The number of halogens is 1. The van der Waals surface area contributed by atoms with E-state index in [0.717, 1.165) is 24.9 Å². The molecule has 0 radical (unpaired) electrons. The minimum atomic E-state index is 0.105. The van der Waals surface area contributed by atoms with Crippen LogP contribution in [0.2, 0.25) is 0 Å². The zero-order valence-corrected chi connectivity index (χ0v) is 13.9. The molecule has 0 bridgehead atoms. The number of carbonyl (C=O) groups excluding carboxylic acids is 1. The number of nitrogens with one attached hydrogen (secondary N) is 1. The van der Waals surface area contributed by atoms with Crippen LogP contribution in [0.15, 0.2) is 18.2 Å². The summed E-state index contributed by atoms with van der Waals surface area (Å²) in [6, 6.07) is 6.23. The molecule has 1 N–H and O–H groups in total. The van der Waals surface area contributed by atoms with E-state index in [0.29, 0.717) is 12.3 Å². The monoisotopic (exact) mass is 307 g/mol. The van der Waals surface area contributed by atoms with Crippen molar-refractivity contribution in [2.45, 2.75) is 52.4 Å². The first-order chi connectivity index (χ1) is 10.0. The smallest absolute Gasteiger partial charge is 0.224 e. The average molecular weight is 308 g/mol. The van der Waals surface area contributed by atoms with Crippen LogP contribution < -0.4 is 5.32 Å². The van der Waals surface area contributed by atoms with Crippen LogP contribution in [0.5, 0.6) is 0 Å². The highest BCUT2D eigenvalue weighted by molar-refractivity contribution is 6.18. The maximum Gasteiger partial charge on any atom is 0.224 e. The Hall–Kier alpha value is -1.02. The highest BCUT2D eigenvalue weighted by atomic mass is 35.5. The molecule has 0 aromatic heterocycles. The lowest BCUT2D eigenvalue weighted by molar-refractivity contribution is -0.121. The van der Waals surface area contributed by atoms with E-state index in [2.05, 4.69) is 31.3 Å². The SMILES string of the molecule is Cc1ccc(CC(=O)NCC2(CCl)CCCCC2)cc1C. The van der Waals surface area contributed by atoms with Gasteiger partial charge in [0.1, 0.15) is 0 Å². The molecule has 1 amide bonds. The van der Waals surface area contributed by atoms with Gasteiger partial charge in [-0.25, -0.2) is 0 Å². The first-order valence-electron chi connectivity index (χ1n) is 7.93. The van der Waals surface area contributed by atoms with Gasteiger partial charge in [-0.1, -0.05) is 37.5 Å². The topological polar surface area (TPSA) is 29.1 Å². The molecular weight excluding hydrogens is 282 g/mol. The Kier molecular flexibility index (Phi) is 5.69. The molecule has 0 heterocycles. The lowest BCUT2D eigenvalue weighted by Gasteiger charge is -2.35. The highest BCUT2D eigenvalue weighted by Gasteiger charge is 2.31. The third-order valence-corrected chi connectivity index (χ3v) is 5.36. The molecule has 0 atom stereocenters. The van der Waals surface area contributed by atoms with Crippen LogP contribution in [0.25, 0.3) is 0 Å². The molecule has 0 unspecified atom stereocenters. The number of hydrogen-bond donors (Lipinski definition) is 1. The lowest BCUT2D eigenvalue weighted by atomic mass is 9.75. The minimum absolute atomic E-state index is 0.105. The Morgan fingerprint density at radius 3 is 2.52 bits per heavy atom. The van der Waals surface area contributed by atoms with Crippen molar-refractivity contribution in [3.8, 4) is 0 Å². The minimum Gasteiger partial charge on any atom is -0.355 e. The van der Waals surface area contributed by atoms with Crippen molar-refractivity contribution in [2.75, 3.05) is 12.4 Å². The molecule has 0 aliphatic heterocycles. The van der Waals surface area contributed by atoms with Gasteiger partial charge in [-0.2, -0.15) is 0 Å². The van der Waals surface area contributed by atoms with Crippen LogP contribution in [-0.2, 0) is 11.2 Å². The third-order valence-electron chi connectivity index (χ3n) is 4.79. The summed E-state index contributed by atoms with van der Waals surface area (Å²) >= 11 is 6.17. The Balaban J connectivity index is 1.87. The summed E-state index contributed by atoms with van der Waals surface area (Å²) in [6.45, 7) is 4.90. The number of alkyl halides is 1. The van der Waals surface area contributed by atoms with E-state index >= 15 is 0 Å². The van der Waals surface area contributed by atoms with E-state index in [1.165, 1.54) is 30.4 Å². The van der Waals surface area contributed by atoms with Gasteiger partial charge in [0.25, 0.3) is 0 Å². The molecule has 1 aliphatic carbocycles. The standard InChI is InChI=1S/C18H26ClNO/c1-14-6-7-16(10-15(14)2)11-17(21)20-13-18(12-19)8-4-3-5-9-18/h6-7,10H,3-5,8-9,11-13H2,1-2H3,(H,20,21). The maximum atomic E-state index is 12.2. The second kappa shape index (κ2) is 7.31. The molecule has 3 heteroatoms. The van der Waals surface area contributed by atoms with Crippen LogP contribution >= 0.6 is 11.6 Å². The third kappa shape index (κ3) is 4.47. The van der Waals surface area contributed by atoms with Crippen molar-refractivity contribution < 1.29 is 4.79 Å². The molecule has 1 aliphatic rings. The summed E-state index contributed by atoms with van der Waals surface area (Å²) < 4.78 is 0. The van der Waals surface area contributed by atoms with Crippen molar-refractivity contribution in [1.82, 2.24) is 5.32 Å². The molecule has 1 aromatic rings. The van der Waals surface area contributed by atoms with Gasteiger partial charge in [-0.3, -0.25) is 4.79 Å². The number of hydrogen-bond acceptors (Lipinski definition) is 1. The van der Waals surface area contributed by atoms with Crippen molar-refractivity contribution in [1.29, 1.82) is 0 Å². The van der Waals surface area contributed by atoms with E-state index in [9.17, 15) is 4.79 Å². The number of carbonyl (C=O) groups is 1. The summed E-state index contributed by atoms with van der Waals surface area (Å²) in [4.78, 5) is 12.2. The summed E-state index contributed by atoms with van der Waals surface area (Å²) in [5.74, 6) is 0.755.